The minimum atomic E-state index is 0.490. The maximum absolute atomic E-state index is 3.74. The summed E-state index contributed by atoms with van der Waals surface area (Å²) in [6.07, 6.45) is 9.84. The third-order valence-electron chi connectivity index (χ3n) is 3.64. The first-order chi connectivity index (χ1) is 7.47. The molecule has 0 bridgehead atoms. The van der Waals surface area contributed by atoms with Gasteiger partial charge in [-0.1, -0.05) is 47.0 Å². The van der Waals surface area contributed by atoms with Gasteiger partial charge in [-0.05, 0) is 43.6 Å². The van der Waals surface area contributed by atoms with Crippen molar-refractivity contribution in [3.63, 3.8) is 0 Å². The molecule has 0 aliphatic heterocycles. The summed E-state index contributed by atoms with van der Waals surface area (Å²) in [4.78, 5) is 0. The van der Waals surface area contributed by atoms with Gasteiger partial charge in [-0.2, -0.15) is 0 Å². The summed E-state index contributed by atoms with van der Waals surface area (Å²) in [5.41, 5.74) is 0.490. The van der Waals surface area contributed by atoms with Crippen LogP contribution in [0.15, 0.2) is 0 Å². The summed E-state index contributed by atoms with van der Waals surface area (Å²) in [5, 5.41) is 3.74. The maximum atomic E-state index is 3.74. The lowest BCUT2D eigenvalue weighted by atomic mass is 9.84. The zero-order chi connectivity index (χ0) is 12.0. The summed E-state index contributed by atoms with van der Waals surface area (Å²) in [6.45, 7) is 10.7. The third-order valence-corrected chi connectivity index (χ3v) is 3.64. The van der Waals surface area contributed by atoms with Gasteiger partial charge in [-0.25, -0.2) is 0 Å². The molecular weight excluding hydrogens is 194 g/mol. The van der Waals surface area contributed by atoms with Crippen LogP contribution in [0.3, 0.4) is 0 Å². The van der Waals surface area contributed by atoms with Crippen LogP contribution in [0.1, 0.15) is 72.6 Å². The Morgan fingerprint density at radius 3 is 2.31 bits per heavy atom. The van der Waals surface area contributed by atoms with E-state index in [1.807, 2.05) is 0 Å². The lowest BCUT2D eigenvalue weighted by Crippen LogP contribution is -2.32. The fraction of sp³-hybridized carbons (Fsp3) is 1.00. The van der Waals surface area contributed by atoms with E-state index >= 15 is 0 Å². The quantitative estimate of drug-likeness (QED) is 0.732. The van der Waals surface area contributed by atoms with Crippen molar-refractivity contribution in [2.75, 3.05) is 6.54 Å². The van der Waals surface area contributed by atoms with Crippen LogP contribution >= 0.6 is 0 Å². The first-order valence-electron chi connectivity index (χ1n) is 7.21. The van der Waals surface area contributed by atoms with Crippen molar-refractivity contribution in [3.05, 3.63) is 0 Å². The van der Waals surface area contributed by atoms with Crippen LogP contribution in [-0.4, -0.2) is 12.6 Å². The molecule has 0 heterocycles. The third kappa shape index (κ3) is 6.52. The number of hydrogen-bond acceptors (Lipinski definition) is 1. The van der Waals surface area contributed by atoms with Gasteiger partial charge in [0, 0.05) is 6.04 Å². The SMILES string of the molecule is CC(CCNC1CCCCC1)CC(C)(C)C. The highest BCUT2D eigenvalue weighted by Crippen LogP contribution is 2.25. The highest BCUT2D eigenvalue weighted by molar-refractivity contribution is 4.73. The van der Waals surface area contributed by atoms with E-state index in [0.29, 0.717) is 5.41 Å². The zero-order valence-electron chi connectivity index (χ0n) is 11.8. The Morgan fingerprint density at radius 1 is 1.12 bits per heavy atom. The molecule has 1 N–H and O–H groups in total. The van der Waals surface area contributed by atoms with Crippen LogP contribution in [0.5, 0.6) is 0 Å². The van der Waals surface area contributed by atoms with E-state index in [2.05, 4.69) is 33.0 Å². The lowest BCUT2D eigenvalue weighted by molar-refractivity contribution is 0.286. The van der Waals surface area contributed by atoms with Gasteiger partial charge in [0.1, 0.15) is 0 Å². The summed E-state index contributed by atoms with van der Waals surface area (Å²) >= 11 is 0. The Kier molecular flexibility index (Phi) is 5.82. The Morgan fingerprint density at radius 2 is 1.75 bits per heavy atom. The predicted molar refractivity (Wildman–Crippen MR) is 72.7 cm³/mol. The second kappa shape index (κ2) is 6.64. The van der Waals surface area contributed by atoms with Crippen LogP contribution in [0.4, 0.5) is 0 Å². The van der Waals surface area contributed by atoms with Gasteiger partial charge < -0.3 is 5.32 Å². The molecule has 0 amide bonds. The Balaban J connectivity index is 2.05. The molecule has 0 aromatic carbocycles. The smallest absolute Gasteiger partial charge is 0.00670 e. The number of hydrogen-bond donors (Lipinski definition) is 1. The van der Waals surface area contributed by atoms with Crippen molar-refractivity contribution in [2.24, 2.45) is 11.3 Å². The van der Waals surface area contributed by atoms with Crippen molar-refractivity contribution in [1.82, 2.24) is 5.32 Å². The van der Waals surface area contributed by atoms with Crippen molar-refractivity contribution >= 4 is 0 Å². The molecule has 0 aromatic heterocycles. The van der Waals surface area contributed by atoms with Gasteiger partial charge in [0.15, 0.2) is 0 Å². The molecule has 1 atom stereocenters. The molecule has 0 spiro atoms. The summed E-state index contributed by atoms with van der Waals surface area (Å²) in [5.74, 6) is 0.857. The highest BCUT2D eigenvalue weighted by atomic mass is 14.9. The van der Waals surface area contributed by atoms with Crippen LogP contribution < -0.4 is 5.32 Å². The zero-order valence-corrected chi connectivity index (χ0v) is 11.8. The molecule has 0 saturated heterocycles. The predicted octanol–water partition coefficient (Wildman–Crippen LogP) is 4.37. The van der Waals surface area contributed by atoms with Crippen molar-refractivity contribution < 1.29 is 0 Å². The Bertz CT molecular complexity index is 174. The van der Waals surface area contributed by atoms with Crippen LogP contribution in [0.25, 0.3) is 0 Å². The minimum Gasteiger partial charge on any atom is -0.314 e. The second-order valence-electron chi connectivity index (χ2n) is 6.95. The van der Waals surface area contributed by atoms with Crippen molar-refractivity contribution in [3.8, 4) is 0 Å². The lowest BCUT2D eigenvalue weighted by Gasteiger charge is -2.26. The maximum Gasteiger partial charge on any atom is 0.00670 e. The van der Waals surface area contributed by atoms with Crippen molar-refractivity contribution in [2.45, 2.75) is 78.7 Å². The van der Waals surface area contributed by atoms with E-state index in [1.54, 1.807) is 0 Å². The van der Waals surface area contributed by atoms with Crippen LogP contribution in [-0.2, 0) is 0 Å². The van der Waals surface area contributed by atoms with Gasteiger partial charge in [-0.3, -0.25) is 0 Å². The Labute approximate surface area is 102 Å². The molecule has 16 heavy (non-hydrogen) atoms. The van der Waals surface area contributed by atoms with Crippen LogP contribution in [0, 0.1) is 11.3 Å². The molecule has 96 valence electrons. The van der Waals surface area contributed by atoms with Gasteiger partial charge in [0.2, 0.25) is 0 Å². The summed E-state index contributed by atoms with van der Waals surface area (Å²) in [7, 11) is 0. The monoisotopic (exact) mass is 225 g/mol. The average molecular weight is 225 g/mol. The molecule has 1 nitrogen and oxygen atoms in total. The molecule has 0 aromatic rings. The molecule has 1 aliphatic carbocycles. The van der Waals surface area contributed by atoms with Gasteiger partial charge in [-0.15, -0.1) is 0 Å². The van der Waals surface area contributed by atoms with E-state index in [4.69, 9.17) is 0 Å². The molecule has 1 saturated carbocycles. The van der Waals surface area contributed by atoms with Crippen LogP contribution in [0.2, 0.25) is 0 Å². The molecule has 1 unspecified atom stereocenters. The van der Waals surface area contributed by atoms with E-state index in [-0.39, 0.29) is 0 Å². The first kappa shape index (κ1) is 14.0. The van der Waals surface area contributed by atoms with Crippen molar-refractivity contribution in [1.29, 1.82) is 0 Å². The van der Waals surface area contributed by atoms with E-state index in [0.717, 1.165) is 12.0 Å². The Hall–Kier alpha value is -0.0400. The van der Waals surface area contributed by atoms with Gasteiger partial charge in [0.05, 0.1) is 0 Å². The first-order valence-corrected chi connectivity index (χ1v) is 7.21. The normalized spacial score (nSPS) is 21.0. The molecule has 1 heteroatoms. The minimum absolute atomic E-state index is 0.490. The largest absolute Gasteiger partial charge is 0.314 e. The molecule has 0 radical (unpaired) electrons. The molecule has 1 fully saturated rings. The van der Waals surface area contributed by atoms with Gasteiger partial charge in [0.25, 0.3) is 0 Å². The summed E-state index contributed by atoms with van der Waals surface area (Å²) < 4.78 is 0. The fourth-order valence-corrected chi connectivity index (χ4v) is 2.99. The average Bonchev–Trinajstić information content (AvgIpc) is 2.16. The second-order valence-corrected chi connectivity index (χ2v) is 6.95. The van der Waals surface area contributed by atoms with E-state index in [1.165, 1.54) is 51.5 Å². The van der Waals surface area contributed by atoms with Gasteiger partial charge >= 0.3 is 0 Å². The number of rotatable bonds is 5. The standard InChI is InChI=1S/C15H31N/c1-13(12-15(2,3)4)10-11-16-14-8-6-5-7-9-14/h13-14,16H,5-12H2,1-4H3. The fourth-order valence-electron chi connectivity index (χ4n) is 2.99. The van der Waals surface area contributed by atoms with E-state index in [9.17, 15) is 0 Å². The summed E-state index contributed by atoms with van der Waals surface area (Å²) in [6, 6.07) is 0.829. The topological polar surface area (TPSA) is 12.0 Å². The highest BCUT2D eigenvalue weighted by Gasteiger charge is 2.16. The molecule has 1 rings (SSSR count). The molecule has 1 aliphatic rings. The number of nitrogens with one attached hydrogen (secondary N) is 1. The van der Waals surface area contributed by atoms with E-state index < -0.39 is 0 Å². The molecular formula is C15H31N.